The SMILES string of the molecule is CC(CN)CCC(=O)NC(C)c1c(F)cccc1F. The van der Waals surface area contributed by atoms with E-state index in [0.29, 0.717) is 19.4 Å². The fourth-order valence-corrected chi connectivity index (χ4v) is 1.81. The van der Waals surface area contributed by atoms with E-state index in [9.17, 15) is 13.6 Å². The van der Waals surface area contributed by atoms with E-state index in [-0.39, 0.29) is 17.4 Å². The van der Waals surface area contributed by atoms with E-state index in [4.69, 9.17) is 5.73 Å². The van der Waals surface area contributed by atoms with Crippen LogP contribution in [-0.2, 0) is 4.79 Å². The molecule has 3 N–H and O–H groups in total. The highest BCUT2D eigenvalue weighted by Crippen LogP contribution is 2.20. The lowest BCUT2D eigenvalue weighted by Gasteiger charge is -2.16. The molecule has 2 unspecified atom stereocenters. The Kier molecular flexibility index (Phi) is 5.89. The van der Waals surface area contributed by atoms with E-state index in [2.05, 4.69) is 5.32 Å². The first-order valence-electron chi connectivity index (χ1n) is 6.39. The summed E-state index contributed by atoms with van der Waals surface area (Å²) in [5.74, 6) is -1.27. The van der Waals surface area contributed by atoms with Gasteiger partial charge in [-0.3, -0.25) is 4.79 Å². The summed E-state index contributed by atoms with van der Waals surface area (Å²) in [4.78, 5) is 11.7. The quantitative estimate of drug-likeness (QED) is 0.834. The maximum absolute atomic E-state index is 13.5. The van der Waals surface area contributed by atoms with Gasteiger partial charge < -0.3 is 11.1 Å². The van der Waals surface area contributed by atoms with Crippen molar-refractivity contribution in [1.29, 1.82) is 0 Å². The Bertz CT molecular complexity index is 417. The van der Waals surface area contributed by atoms with Crippen molar-refractivity contribution in [2.24, 2.45) is 11.7 Å². The molecule has 19 heavy (non-hydrogen) atoms. The second-order valence-electron chi connectivity index (χ2n) is 4.80. The maximum Gasteiger partial charge on any atom is 0.220 e. The topological polar surface area (TPSA) is 55.1 Å². The number of carbonyl (C=O) groups is 1. The molecule has 3 nitrogen and oxygen atoms in total. The first-order chi connectivity index (χ1) is 8.95. The molecule has 1 aromatic carbocycles. The average Bonchev–Trinajstić information content (AvgIpc) is 2.35. The molecule has 0 aliphatic carbocycles. The van der Waals surface area contributed by atoms with Crippen molar-refractivity contribution in [1.82, 2.24) is 5.32 Å². The molecule has 0 aromatic heterocycles. The molecule has 0 radical (unpaired) electrons. The van der Waals surface area contributed by atoms with Crippen molar-refractivity contribution in [3.8, 4) is 0 Å². The van der Waals surface area contributed by atoms with Gasteiger partial charge in [-0.05, 0) is 37.9 Å². The van der Waals surface area contributed by atoms with Crippen LogP contribution in [0.2, 0.25) is 0 Å². The average molecular weight is 270 g/mol. The Hall–Kier alpha value is -1.49. The van der Waals surface area contributed by atoms with Crippen LogP contribution in [0.1, 0.15) is 38.3 Å². The minimum atomic E-state index is -0.693. The van der Waals surface area contributed by atoms with Crippen LogP contribution >= 0.6 is 0 Å². The van der Waals surface area contributed by atoms with E-state index in [0.717, 1.165) is 0 Å². The van der Waals surface area contributed by atoms with Gasteiger partial charge in [0.25, 0.3) is 0 Å². The Morgan fingerprint density at radius 3 is 2.42 bits per heavy atom. The molecule has 0 saturated carbocycles. The van der Waals surface area contributed by atoms with Crippen LogP contribution in [0.4, 0.5) is 8.78 Å². The molecular formula is C14H20F2N2O. The van der Waals surface area contributed by atoms with E-state index in [1.165, 1.54) is 18.2 Å². The normalized spacial score (nSPS) is 13.9. The number of benzene rings is 1. The molecular weight excluding hydrogens is 250 g/mol. The summed E-state index contributed by atoms with van der Waals surface area (Å²) < 4.78 is 27.0. The molecule has 2 atom stereocenters. The molecule has 0 aliphatic rings. The van der Waals surface area contributed by atoms with Crippen molar-refractivity contribution in [2.45, 2.75) is 32.7 Å². The highest BCUT2D eigenvalue weighted by molar-refractivity contribution is 5.76. The van der Waals surface area contributed by atoms with Crippen LogP contribution in [0.3, 0.4) is 0 Å². The number of rotatable bonds is 6. The first-order valence-corrected chi connectivity index (χ1v) is 6.39. The molecule has 0 saturated heterocycles. The molecule has 1 amide bonds. The van der Waals surface area contributed by atoms with Gasteiger partial charge in [-0.2, -0.15) is 0 Å². The Morgan fingerprint density at radius 2 is 1.89 bits per heavy atom. The predicted molar refractivity (Wildman–Crippen MR) is 70.4 cm³/mol. The minimum Gasteiger partial charge on any atom is -0.349 e. The van der Waals surface area contributed by atoms with E-state index in [1.807, 2.05) is 6.92 Å². The zero-order chi connectivity index (χ0) is 14.4. The van der Waals surface area contributed by atoms with Crippen LogP contribution in [0.5, 0.6) is 0 Å². The predicted octanol–water partition coefficient (Wildman–Crippen LogP) is 2.52. The number of amides is 1. The number of nitrogens with two attached hydrogens (primary N) is 1. The second-order valence-corrected chi connectivity index (χ2v) is 4.80. The third-order valence-corrected chi connectivity index (χ3v) is 3.08. The Balaban J connectivity index is 2.59. The first kappa shape index (κ1) is 15.6. The summed E-state index contributed by atoms with van der Waals surface area (Å²) in [7, 11) is 0. The lowest BCUT2D eigenvalue weighted by molar-refractivity contribution is -0.122. The molecule has 106 valence electrons. The summed E-state index contributed by atoms with van der Waals surface area (Å²) >= 11 is 0. The van der Waals surface area contributed by atoms with Gasteiger partial charge in [0.1, 0.15) is 11.6 Å². The number of hydrogen-bond donors (Lipinski definition) is 2. The van der Waals surface area contributed by atoms with Gasteiger partial charge >= 0.3 is 0 Å². The molecule has 0 fully saturated rings. The van der Waals surface area contributed by atoms with Gasteiger partial charge in [0, 0.05) is 12.0 Å². The smallest absolute Gasteiger partial charge is 0.220 e. The van der Waals surface area contributed by atoms with Gasteiger partial charge in [0.05, 0.1) is 6.04 Å². The van der Waals surface area contributed by atoms with Gasteiger partial charge in [-0.15, -0.1) is 0 Å². The largest absolute Gasteiger partial charge is 0.349 e. The standard InChI is InChI=1S/C14H20F2N2O/c1-9(8-17)6-7-13(19)18-10(2)14-11(15)4-3-5-12(14)16/h3-5,9-10H,6-8,17H2,1-2H3,(H,18,19). The van der Waals surface area contributed by atoms with E-state index < -0.39 is 17.7 Å². The van der Waals surface area contributed by atoms with E-state index in [1.54, 1.807) is 6.92 Å². The highest BCUT2D eigenvalue weighted by Gasteiger charge is 2.17. The summed E-state index contributed by atoms with van der Waals surface area (Å²) in [6, 6.07) is 2.96. The van der Waals surface area contributed by atoms with Gasteiger partial charge in [0.15, 0.2) is 0 Å². The van der Waals surface area contributed by atoms with Crippen molar-refractivity contribution >= 4 is 5.91 Å². The Morgan fingerprint density at radius 1 is 1.32 bits per heavy atom. The zero-order valence-electron chi connectivity index (χ0n) is 11.2. The second kappa shape index (κ2) is 7.19. The summed E-state index contributed by atoms with van der Waals surface area (Å²) in [6.07, 6.45) is 0.966. The molecule has 0 spiro atoms. The lowest BCUT2D eigenvalue weighted by Crippen LogP contribution is -2.28. The molecule has 0 heterocycles. The Labute approximate surface area is 112 Å². The number of carbonyl (C=O) groups excluding carboxylic acids is 1. The number of halogens is 2. The fourth-order valence-electron chi connectivity index (χ4n) is 1.81. The maximum atomic E-state index is 13.5. The monoisotopic (exact) mass is 270 g/mol. The van der Waals surface area contributed by atoms with Crippen molar-refractivity contribution in [3.05, 3.63) is 35.4 Å². The molecule has 1 aromatic rings. The molecule has 0 aliphatic heterocycles. The van der Waals surface area contributed by atoms with Crippen molar-refractivity contribution in [2.75, 3.05) is 6.54 Å². The van der Waals surface area contributed by atoms with Crippen molar-refractivity contribution < 1.29 is 13.6 Å². The van der Waals surface area contributed by atoms with Gasteiger partial charge in [-0.25, -0.2) is 8.78 Å². The lowest BCUT2D eigenvalue weighted by atomic mass is 10.0. The summed E-state index contributed by atoms with van der Waals surface area (Å²) in [6.45, 7) is 4.03. The number of nitrogens with one attached hydrogen (secondary N) is 1. The van der Waals surface area contributed by atoms with Crippen LogP contribution in [0.25, 0.3) is 0 Å². The molecule has 5 heteroatoms. The van der Waals surface area contributed by atoms with Crippen LogP contribution < -0.4 is 11.1 Å². The molecule has 0 bridgehead atoms. The van der Waals surface area contributed by atoms with Gasteiger partial charge in [0.2, 0.25) is 5.91 Å². The van der Waals surface area contributed by atoms with Crippen LogP contribution in [-0.4, -0.2) is 12.5 Å². The van der Waals surface area contributed by atoms with Crippen molar-refractivity contribution in [3.63, 3.8) is 0 Å². The fraction of sp³-hybridized carbons (Fsp3) is 0.500. The minimum absolute atomic E-state index is 0.109. The summed E-state index contributed by atoms with van der Waals surface area (Å²) in [5, 5.41) is 2.60. The van der Waals surface area contributed by atoms with Crippen LogP contribution in [0.15, 0.2) is 18.2 Å². The zero-order valence-corrected chi connectivity index (χ0v) is 11.2. The van der Waals surface area contributed by atoms with Gasteiger partial charge in [-0.1, -0.05) is 13.0 Å². The van der Waals surface area contributed by atoms with E-state index >= 15 is 0 Å². The summed E-state index contributed by atoms with van der Waals surface area (Å²) in [5.41, 5.74) is 5.35. The third kappa shape index (κ3) is 4.59. The third-order valence-electron chi connectivity index (χ3n) is 3.08. The van der Waals surface area contributed by atoms with Crippen LogP contribution in [0, 0.1) is 17.6 Å². The molecule has 1 rings (SSSR count). The highest BCUT2D eigenvalue weighted by atomic mass is 19.1. The number of hydrogen-bond acceptors (Lipinski definition) is 2.